The standard InChI is InChI=1S/C31H45N5O4S/c1-23-28(13-12-27-10-7-11-29(40-27)24-8-5-4-6-9-24)32-22-33-30(23)31(37)36-20-16-26(17-21-36)35-18-14-25(15-19-35)34(2)41(3,38)39/h4-6,8-9,22,25-27,29H,7,10-21H2,1-3H3/t27-,29+/m0/s1. The Hall–Kier alpha value is -2.40. The molecule has 0 spiro atoms. The van der Waals surface area contributed by atoms with Gasteiger partial charge in [-0.1, -0.05) is 30.3 Å². The molecule has 1 aromatic carbocycles. The minimum atomic E-state index is -3.16. The lowest BCUT2D eigenvalue weighted by Gasteiger charge is -2.43. The molecule has 3 fully saturated rings. The van der Waals surface area contributed by atoms with Crippen molar-refractivity contribution in [2.45, 2.75) is 89.0 Å². The summed E-state index contributed by atoms with van der Waals surface area (Å²) in [5.41, 5.74) is 3.58. The quantitative estimate of drug-likeness (QED) is 0.464. The van der Waals surface area contributed by atoms with Gasteiger partial charge in [0.15, 0.2) is 0 Å². The first-order valence-electron chi connectivity index (χ1n) is 15.2. The average molecular weight is 584 g/mol. The second-order valence-electron chi connectivity index (χ2n) is 12.0. The van der Waals surface area contributed by atoms with Gasteiger partial charge in [-0.2, -0.15) is 0 Å². The van der Waals surface area contributed by atoms with Gasteiger partial charge in [0.2, 0.25) is 10.0 Å². The average Bonchev–Trinajstić information content (AvgIpc) is 3.00. The summed E-state index contributed by atoms with van der Waals surface area (Å²) in [6.07, 6.45) is 11.6. The molecule has 0 saturated carbocycles. The Bertz CT molecular complexity index is 1270. The summed E-state index contributed by atoms with van der Waals surface area (Å²) in [4.78, 5) is 26.9. The zero-order chi connectivity index (χ0) is 29.0. The summed E-state index contributed by atoms with van der Waals surface area (Å²) >= 11 is 0. The van der Waals surface area contributed by atoms with Crippen molar-refractivity contribution in [1.82, 2.24) is 24.1 Å². The molecule has 3 saturated heterocycles. The van der Waals surface area contributed by atoms with Crippen LogP contribution in [0.25, 0.3) is 0 Å². The Morgan fingerprint density at radius 1 is 1.00 bits per heavy atom. The summed E-state index contributed by atoms with van der Waals surface area (Å²) in [5.74, 6) is -0.00357. The van der Waals surface area contributed by atoms with E-state index in [-0.39, 0.29) is 24.2 Å². The van der Waals surface area contributed by atoms with Crippen LogP contribution < -0.4 is 0 Å². The number of carbonyl (C=O) groups is 1. The minimum absolute atomic E-state index is 0.00357. The zero-order valence-corrected chi connectivity index (χ0v) is 25.6. The number of carbonyl (C=O) groups excluding carboxylic acids is 1. The molecule has 224 valence electrons. The molecule has 0 aliphatic carbocycles. The topological polar surface area (TPSA) is 95.9 Å². The van der Waals surface area contributed by atoms with Crippen LogP contribution in [0.4, 0.5) is 0 Å². The van der Waals surface area contributed by atoms with Crippen molar-refractivity contribution < 1.29 is 17.9 Å². The number of likely N-dealkylation sites (tertiary alicyclic amines) is 2. The van der Waals surface area contributed by atoms with Gasteiger partial charge in [-0.3, -0.25) is 4.79 Å². The van der Waals surface area contributed by atoms with Crippen LogP contribution in [0, 0.1) is 6.92 Å². The lowest BCUT2D eigenvalue weighted by molar-refractivity contribution is -0.0547. The van der Waals surface area contributed by atoms with Gasteiger partial charge in [0.1, 0.15) is 12.0 Å². The first kappa shape index (κ1) is 30.1. The maximum atomic E-state index is 13.5. The van der Waals surface area contributed by atoms with Crippen LogP contribution in [0.2, 0.25) is 0 Å². The van der Waals surface area contributed by atoms with Crippen molar-refractivity contribution in [3.8, 4) is 0 Å². The molecule has 1 amide bonds. The Labute approximate surface area is 245 Å². The van der Waals surface area contributed by atoms with Crippen LogP contribution in [0.1, 0.15) is 84.8 Å². The summed E-state index contributed by atoms with van der Waals surface area (Å²) < 4.78 is 31.8. The number of piperidine rings is 2. The summed E-state index contributed by atoms with van der Waals surface area (Å²) in [6.45, 7) is 5.19. The molecule has 0 radical (unpaired) electrons. The van der Waals surface area contributed by atoms with Gasteiger partial charge >= 0.3 is 0 Å². The number of rotatable bonds is 8. The fraction of sp³-hybridized carbons (Fsp3) is 0.645. The van der Waals surface area contributed by atoms with Crippen LogP contribution in [0.15, 0.2) is 36.7 Å². The van der Waals surface area contributed by atoms with E-state index in [1.54, 1.807) is 7.05 Å². The van der Waals surface area contributed by atoms with Crippen LogP contribution in [0.3, 0.4) is 0 Å². The third-order valence-electron chi connectivity index (χ3n) is 9.42. The van der Waals surface area contributed by atoms with Gasteiger partial charge < -0.3 is 14.5 Å². The van der Waals surface area contributed by atoms with Crippen LogP contribution in [-0.4, -0.2) is 96.1 Å². The van der Waals surface area contributed by atoms with Crippen LogP contribution in [0.5, 0.6) is 0 Å². The number of benzene rings is 1. The lowest BCUT2D eigenvalue weighted by atomic mass is 9.95. The molecule has 5 rings (SSSR count). The zero-order valence-electron chi connectivity index (χ0n) is 24.7. The first-order chi connectivity index (χ1) is 19.7. The highest BCUT2D eigenvalue weighted by Gasteiger charge is 2.33. The van der Waals surface area contributed by atoms with E-state index in [0.29, 0.717) is 24.8 Å². The monoisotopic (exact) mass is 583 g/mol. The molecule has 1 aromatic heterocycles. The Balaban J connectivity index is 1.11. The fourth-order valence-corrected chi connectivity index (χ4v) is 7.50. The molecule has 9 nitrogen and oxygen atoms in total. The van der Waals surface area contributed by atoms with Gasteiger partial charge in [-0.15, -0.1) is 0 Å². The number of amides is 1. The van der Waals surface area contributed by atoms with Crippen molar-refractivity contribution in [3.05, 3.63) is 59.2 Å². The molecule has 0 bridgehead atoms. The van der Waals surface area contributed by atoms with E-state index in [2.05, 4.69) is 39.1 Å². The molecule has 2 aromatic rings. The highest BCUT2D eigenvalue weighted by molar-refractivity contribution is 7.88. The molecule has 0 N–H and O–H groups in total. The summed E-state index contributed by atoms with van der Waals surface area (Å²) in [6, 6.07) is 11.0. The number of hydrogen-bond donors (Lipinski definition) is 0. The fourth-order valence-electron chi connectivity index (χ4n) is 6.75. The smallest absolute Gasteiger partial charge is 0.272 e. The number of ether oxygens (including phenoxy) is 1. The molecular weight excluding hydrogens is 538 g/mol. The molecular formula is C31H45N5O4S. The third kappa shape index (κ3) is 7.34. The van der Waals surface area contributed by atoms with Crippen molar-refractivity contribution >= 4 is 15.9 Å². The molecule has 0 unspecified atom stereocenters. The number of aryl methyl sites for hydroxylation is 1. The van der Waals surface area contributed by atoms with Gasteiger partial charge in [0.05, 0.1) is 18.5 Å². The van der Waals surface area contributed by atoms with E-state index in [9.17, 15) is 13.2 Å². The van der Waals surface area contributed by atoms with Crippen LogP contribution in [-0.2, 0) is 21.2 Å². The van der Waals surface area contributed by atoms with Gasteiger partial charge in [0, 0.05) is 43.5 Å². The SMILES string of the molecule is Cc1c(CC[C@@H]2CCC[C@H](c3ccccc3)O2)ncnc1C(=O)N1CCC(N2CCC(N(C)S(C)(=O)=O)CC2)CC1. The van der Waals surface area contributed by atoms with Gasteiger partial charge in [-0.05, 0) is 83.4 Å². The Kier molecular flexibility index (Phi) is 9.74. The number of hydrogen-bond acceptors (Lipinski definition) is 7. The normalized spacial score (nSPS) is 23.7. The van der Waals surface area contributed by atoms with E-state index in [0.717, 1.165) is 82.1 Å². The molecule has 4 heterocycles. The minimum Gasteiger partial charge on any atom is -0.370 e. The van der Waals surface area contributed by atoms with Crippen molar-refractivity contribution in [2.24, 2.45) is 0 Å². The largest absolute Gasteiger partial charge is 0.370 e. The number of sulfonamides is 1. The van der Waals surface area contributed by atoms with E-state index in [4.69, 9.17) is 4.74 Å². The first-order valence-corrected chi connectivity index (χ1v) is 17.0. The maximum Gasteiger partial charge on any atom is 0.272 e. The summed E-state index contributed by atoms with van der Waals surface area (Å²) in [7, 11) is -1.48. The third-order valence-corrected chi connectivity index (χ3v) is 10.8. The Morgan fingerprint density at radius 3 is 2.39 bits per heavy atom. The molecule has 3 aliphatic heterocycles. The second kappa shape index (κ2) is 13.3. The predicted octanol–water partition coefficient (Wildman–Crippen LogP) is 3.99. The maximum absolute atomic E-state index is 13.5. The molecule has 2 atom stereocenters. The number of aromatic nitrogens is 2. The van der Waals surface area contributed by atoms with Gasteiger partial charge in [0.25, 0.3) is 5.91 Å². The van der Waals surface area contributed by atoms with Crippen LogP contribution >= 0.6 is 0 Å². The summed E-state index contributed by atoms with van der Waals surface area (Å²) in [5, 5.41) is 0. The molecule has 10 heteroatoms. The number of nitrogens with zero attached hydrogens (tertiary/aromatic N) is 5. The second-order valence-corrected chi connectivity index (χ2v) is 14.0. The van der Waals surface area contributed by atoms with Crippen molar-refractivity contribution in [1.29, 1.82) is 0 Å². The van der Waals surface area contributed by atoms with Crippen molar-refractivity contribution in [3.63, 3.8) is 0 Å². The van der Waals surface area contributed by atoms with Crippen molar-refractivity contribution in [2.75, 3.05) is 39.5 Å². The predicted molar refractivity (Wildman–Crippen MR) is 159 cm³/mol. The van der Waals surface area contributed by atoms with E-state index in [1.807, 2.05) is 17.9 Å². The van der Waals surface area contributed by atoms with Gasteiger partial charge in [-0.25, -0.2) is 22.7 Å². The van der Waals surface area contributed by atoms with E-state index >= 15 is 0 Å². The molecule has 3 aliphatic rings. The molecule has 41 heavy (non-hydrogen) atoms. The van der Waals surface area contributed by atoms with E-state index in [1.165, 1.54) is 22.5 Å². The van der Waals surface area contributed by atoms with E-state index < -0.39 is 10.0 Å². The lowest BCUT2D eigenvalue weighted by Crippen LogP contribution is -2.52. The Morgan fingerprint density at radius 2 is 1.71 bits per heavy atom. The highest BCUT2D eigenvalue weighted by atomic mass is 32.2. The highest BCUT2D eigenvalue weighted by Crippen LogP contribution is 2.33.